The van der Waals surface area contributed by atoms with E-state index in [4.69, 9.17) is 4.74 Å². The first-order valence-corrected chi connectivity index (χ1v) is 10.2. The lowest BCUT2D eigenvalue weighted by atomic mass is 10.2. The maximum Gasteiger partial charge on any atom is 0.338 e. The first-order valence-electron chi connectivity index (χ1n) is 10.2. The zero-order chi connectivity index (χ0) is 23.5. The number of nitrogens with zero attached hydrogens (tertiary/aromatic N) is 2. The molecule has 7 nitrogen and oxygen atoms in total. The van der Waals surface area contributed by atoms with E-state index in [0.717, 1.165) is 6.07 Å². The zero-order valence-corrected chi connectivity index (χ0v) is 17.9. The Labute approximate surface area is 188 Å². The Balaban J connectivity index is 1.49. The van der Waals surface area contributed by atoms with Gasteiger partial charge in [0.25, 0.3) is 11.5 Å². The molecule has 0 saturated heterocycles. The number of carbonyl (C=O) groups excluding carboxylic acids is 2. The Morgan fingerprint density at radius 3 is 2.48 bits per heavy atom. The third-order valence-corrected chi connectivity index (χ3v) is 5.05. The quantitative estimate of drug-likeness (QED) is 0.469. The molecule has 3 aromatic carbocycles. The number of hydrogen-bond donors (Lipinski definition) is 1. The number of para-hydroxylation sites is 1. The van der Waals surface area contributed by atoms with Crippen LogP contribution < -0.4 is 10.9 Å². The average molecular weight is 445 g/mol. The van der Waals surface area contributed by atoms with Gasteiger partial charge in [-0.05, 0) is 68.4 Å². The van der Waals surface area contributed by atoms with E-state index in [2.05, 4.69) is 10.3 Å². The molecular formula is C25H20FN3O4. The highest BCUT2D eigenvalue weighted by molar-refractivity contribution is 5.97. The van der Waals surface area contributed by atoms with Gasteiger partial charge in [0.2, 0.25) is 0 Å². The molecule has 0 spiro atoms. The Morgan fingerprint density at radius 2 is 1.76 bits per heavy atom. The van der Waals surface area contributed by atoms with E-state index in [0.29, 0.717) is 22.4 Å². The van der Waals surface area contributed by atoms with Crippen LogP contribution in [0.25, 0.3) is 16.6 Å². The van der Waals surface area contributed by atoms with Gasteiger partial charge in [-0.3, -0.25) is 14.2 Å². The van der Waals surface area contributed by atoms with Crippen molar-refractivity contribution in [3.05, 3.63) is 100 Å². The summed E-state index contributed by atoms with van der Waals surface area (Å²) in [4.78, 5) is 42.1. The van der Waals surface area contributed by atoms with Gasteiger partial charge in [-0.1, -0.05) is 18.2 Å². The van der Waals surface area contributed by atoms with Crippen molar-refractivity contribution in [3.8, 4) is 5.69 Å². The zero-order valence-electron chi connectivity index (χ0n) is 17.9. The van der Waals surface area contributed by atoms with Crippen LogP contribution >= 0.6 is 0 Å². The average Bonchev–Trinajstić information content (AvgIpc) is 2.79. The van der Waals surface area contributed by atoms with Gasteiger partial charge in [0.1, 0.15) is 11.6 Å². The molecule has 1 heterocycles. The number of fused-ring (bicyclic) bond motifs is 1. The first-order chi connectivity index (χ1) is 15.8. The molecule has 1 unspecified atom stereocenters. The fourth-order valence-corrected chi connectivity index (χ4v) is 3.39. The van der Waals surface area contributed by atoms with E-state index >= 15 is 0 Å². The van der Waals surface area contributed by atoms with Gasteiger partial charge in [-0.15, -0.1) is 0 Å². The number of aromatic nitrogens is 2. The van der Waals surface area contributed by atoms with Crippen molar-refractivity contribution in [1.29, 1.82) is 0 Å². The highest BCUT2D eigenvalue weighted by Crippen LogP contribution is 2.15. The lowest BCUT2D eigenvalue weighted by Gasteiger charge is -2.14. The molecule has 0 bridgehead atoms. The third kappa shape index (κ3) is 4.64. The second-order valence-electron chi connectivity index (χ2n) is 7.41. The summed E-state index contributed by atoms with van der Waals surface area (Å²) in [5.41, 5.74) is 1.42. The topological polar surface area (TPSA) is 90.3 Å². The molecule has 166 valence electrons. The molecule has 0 aliphatic carbocycles. The van der Waals surface area contributed by atoms with Crippen LogP contribution in [0.5, 0.6) is 0 Å². The predicted octanol–water partition coefficient (Wildman–Crippen LogP) is 4.02. The Bertz CT molecular complexity index is 1410. The molecule has 0 fully saturated rings. The first kappa shape index (κ1) is 21.9. The van der Waals surface area contributed by atoms with E-state index < -0.39 is 23.8 Å². The number of esters is 1. The summed E-state index contributed by atoms with van der Waals surface area (Å²) in [7, 11) is 0. The number of nitrogens with one attached hydrogen (secondary N) is 1. The van der Waals surface area contributed by atoms with Gasteiger partial charge in [0.05, 0.1) is 22.2 Å². The van der Waals surface area contributed by atoms with Gasteiger partial charge in [-0.25, -0.2) is 14.2 Å². The van der Waals surface area contributed by atoms with Gasteiger partial charge >= 0.3 is 5.97 Å². The highest BCUT2D eigenvalue weighted by Gasteiger charge is 2.19. The van der Waals surface area contributed by atoms with Crippen LogP contribution in [0, 0.1) is 12.7 Å². The molecule has 4 aromatic rings. The number of aryl methyl sites for hydroxylation is 1. The lowest BCUT2D eigenvalue weighted by Crippen LogP contribution is -2.30. The second-order valence-corrected chi connectivity index (χ2v) is 7.41. The molecule has 0 aliphatic heterocycles. The molecule has 1 amide bonds. The number of anilines is 1. The van der Waals surface area contributed by atoms with Crippen molar-refractivity contribution in [1.82, 2.24) is 9.55 Å². The largest absolute Gasteiger partial charge is 0.449 e. The van der Waals surface area contributed by atoms with E-state index in [-0.39, 0.29) is 16.8 Å². The molecule has 1 atom stereocenters. The summed E-state index contributed by atoms with van der Waals surface area (Å²) < 4.78 is 20.0. The van der Waals surface area contributed by atoms with E-state index in [9.17, 15) is 18.8 Å². The fourth-order valence-electron chi connectivity index (χ4n) is 3.39. The van der Waals surface area contributed by atoms with E-state index in [1.165, 1.54) is 41.8 Å². The smallest absolute Gasteiger partial charge is 0.338 e. The van der Waals surface area contributed by atoms with Gasteiger partial charge < -0.3 is 10.1 Å². The van der Waals surface area contributed by atoms with Crippen molar-refractivity contribution >= 4 is 28.5 Å². The molecule has 8 heteroatoms. The minimum atomic E-state index is -1.10. The predicted molar refractivity (Wildman–Crippen MR) is 122 cm³/mol. The van der Waals surface area contributed by atoms with Crippen molar-refractivity contribution in [2.75, 3.05) is 5.32 Å². The summed E-state index contributed by atoms with van der Waals surface area (Å²) in [6, 6.07) is 18.7. The molecule has 4 rings (SSSR count). The number of ether oxygens (including phenoxy) is 1. The monoisotopic (exact) mass is 445 g/mol. The van der Waals surface area contributed by atoms with Crippen LogP contribution in [0.1, 0.15) is 23.1 Å². The molecular weight excluding hydrogens is 425 g/mol. The van der Waals surface area contributed by atoms with Crippen molar-refractivity contribution < 1.29 is 18.7 Å². The standard InChI is InChI=1S/C25H20FN3O4/c1-15(23(30)28-19-7-5-6-18(26)14-19)33-25(32)17-10-12-20(13-11-17)29-16(2)27-22-9-4-3-8-21(22)24(29)31/h3-15H,1-2H3,(H,28,30). The number of rotatable bonds is 5. The summed E-state index contributed by atoms with van der Waals surface area (Å²) >= 11 is 0. The summed E-state index contributed by atoms with van der Waals surface area (Å²) in [5.74, 6) is -1.27. The molecule has 1 aromatic heterocycles. The normalized spacial score (nSPS) is 11.7. The van der Waals surface area contributed by atoms with E-state index in [1.807, 2.05) is 6.07 Å². The molecule has 0 aliphatic rings. The fraction of sp³-hybridized carbons (Fsp3) is 0.120. The molecule has 1 N–H and O–H groups in total. The second kappa shape index (κ2) is 9.04. The number of hydrogen-bond acceptors (Lipinski definition) is 5. The van der Waals surface area contributed by atoms with Crippen LogP contribution in [-0.4, -0.2) is 27.5 Å². The maximum atomic E-state index is 13.3. The maximum absolute atomic E-state index is 13.3. The lowest BCUT2D eigenvalue weighted by molar-refractivity contribution is -0.123. The number of carbonyl (C=O) groups is 2. The Kier molecular flexibility index (Phi) is 5.99. The summed E-state index contributed by atoms with van der Waals surface area (Å²) in [6.07, 6.45) is -1.10. The van der Waals surface area contributed by atoms with Gasteiger partial charge in [-0.2, -0.15) is 0 Å². The minimum absolute atomic E-state index is 0.212. The van der Waals surface area contributed by atoms with E-state index in [1.54, 1.807) is 37.3 Å². The summed E-state index contributed by atoms with van der Waals surface area (Å²) in [6.45, 7) is 3.15. The Morgan fingerprint density at radius 1 is 1.03 bits per heavy atom. The van der Waals surface area contributed by atoms with Crippen LogP contribution in [-0.2, 0) is 9.53 Å². The molecule has 0 saturated carbocycles. The van der Waals surface area contributed by atoms with Crippen LogP contribution in [0.2, 0.25) is 0 Å². The number of halogens is 1. The van der Waals surface area contributed by atoms with Crippen molar-refractivity contribution in [3.63, 3.8) is 0 Å². The molecule has 33 heavy (non-hydrogen) atoms. The van der Waals surface area contributed by atoms with Crippen molar-refractivity contribution in [2.24, 2.45) is 0 Å². The van der Waals surface area contributed by atoms with Crippen LogP contribution in [0.3, 0.4) is 0 Å². The third-order valence-electron chi connectivity index (χ3n) is 5.05. The SMILES string of the molecule is Cc1nc2ccccc2c(=O)n1-c1ccc(C(=O)OC(C)C(=O)Nc2cccc(F)c2)cc1. The Hall–Kier alpha value is -4.33. The van der Waals surface area contributed by atoms with Crippen LogP contribution in [0.15, 0.2) is 77.6 Å². The minimum Gasteiger partial charge on any atom is -0.449 e. The van der Waals surface area contributed by atoms with Gasteiger partial charge in [0, 0.05) is 5.69 Å². The number of benzene rings is 3. The van der Waals surface area contributed by atoms with Crippen molar-refractivity contribution in [2.45, 2.75) is 20.0 Å². The molecule has 0 radical (unpaired) electrons. The highest BCUT2D eigenvalue weighted by atomic mass is 19.1. The summed E-state index contributed by atoms with van der Waals surface area (Å²) in [5, 5.41) is 2.99. The van der Waals surface area contributed by atoms with Gasteiger partial charge in [0.15, 0.2) is 6.10 Å². The number of amides is 1. The van der Waals surface area contributed by atoms with Crippen LogP contribution in [0.4, 0.5) is 10.1 Å².